The van der Waals surface area contributed by atoms with Gasteiger partial charge in [-0.3, -0.25) is 14.4 Å². The van der Waals surface area contributed by atoms with E-state index in [2.05, 4.69) is 26.6 Å². The number of aliphatic hydroxyl groups excluding tert-OH is 1. The number of unbranched alkanes of at least 4 members (excludes halogenated alkanes) is 1. The van der Waals surface area contributed by atoms with E-state index in [-0.39, 0.29) is 35.7 Å². The summed E-state index contributed by atoms with van der Waals surface area (Å²) < 4.78 is 11.9. The number of fused-ring (bicyclic) bond motifs is 1. The van der Waals surface area contributed by atoms with Crippen LogP contribution in [-0.4, -0.2) is 76.6 Å². The molecule has 0 aromatic heterocycles. The Morgan fingerprint density at radius 2 is 1.97 bits per heavy atom. The number of ether oxygens (including phenoxy) is 2. The fraction of sp³-hybridized carbons (Fsp3) is 0.640. The summed E-state index contributed by atoms with van der Waals surface area (Å²) in [5.41, 5.74) is -0.486. The molecule has 9 nitrogen and oxygen atoms in total. The lowest BCUT2D eigenvalue weighted by Gasteiger charge is -2.34. The van der Waals surface area contributed by atoms with Crippen LogP contribution in [-0.2, 0) is 19.1 Å². The first-order valence-corrected chi connectivity index (χ1v) is 13.3. The fourth-order valence-corrected chi connectivity index (χ4v) is 6.67. The van der Waals surface area contributed by atoms with Crippen molar-refractivity contribution in [2.24, 2.45) is 11.8 Å². The lowest BCUT2D eigenvalue weighted by molar-refractivity contribution is -0.141. The highest BCUT2D eigenvalue weighted by atomic mass is 79.9. The Labute approximate surface area is 214 Å². The first kappa shape index (κ1) is 25.9. The van der Waals surface area contributed by atoms with Gasteiger partial charge in [0.1, 0.15) is 17.4 Å². The van der Waals surface area contributed by atoms with E-state index < -0.39 is 29.6 Å². The molecular weight excluding hydrogens is 518 g/mol. The van der Waals surface area contributed by atoms with E-state index in [4.69, 9.17) is 9.47 Å². The van der Waals surface area contributed by atoms with Crippen LogP contribution in [0.4, 0.5) is 5.69 Å². The number of benzene rings is 1. The molecule has 3 amide bonds. The van der Waals surface area contributed by atoms with Crippen molar-refractivity contribution in [2.45, 2.75) is 62.1 Å². The molecule has 10 heteroatoms. The van der Waals surface area contributed by atoms with Crippen molar-refractivity contribution in [1.82, 2.24) is 10.2 Å². The Morgan fingerprint density at radius 1 is 1.23 bits per heavy atom. The Hall–Kier alpha value is -2.17. The van der Waals surface area contributed by atoms with Crippen LogP contribution in [0, 0.1) is 11.8 Å². The average Bonchev–Trinajstić information content (AvgIpc) is 3.42. The summed E-state index contributed by atoms with van der Waals surface area (Å²) in [4.78, 5) is 41.9. The molecule has 192 valence electrons. The number of nitrogens with zero attached hydrogens (tertiary/aromatic N) is 1. The number of hydrogen-bond acceptors (Lipinski definition) is 6. The molecule has 6 atom stereocenters. The lowest BCUT2D eigenvalue weighted by Crippen LogP contribution is -2.56. The van der Waals surface area contributed by atoms with E-state index in [9.17, 15) is 19.5 Å². The second kappa shape index (κ2) is 10.8. The number of rotatable bonds is 11. The van der Waals surface area contributed by atoms with Gasteiger partial charge in [-0.2, -0.15) is 0 Å². The van der Waals surface area contributed by atoms with Crippen LogP contribution in [0.15, 0.2) is 24.3 Å². The van der Waals surface area contributed by atoms with E-state index in [1.807, 2.05) is 13.8 Å². The third-order valence-electron chi connectivity index (χ3n) is 7.16. The minimum atomic E-state index is -1.08. The van der Waals surface area contributed by atoms with Crippen LogP contribution >= 0.6 is 15.9 Å². The number of hydrogen-bond donors (Lipinski definition) is 3. The molecule has 1 spiro atoms. The highest BCUT2D eigenvalue weighted by Gasteiger charge is 2.76. The normalized spacial score (nSPS) is 30.9. The number of alkyl halides is 1. The number of carbonyl (C=O) groups is 3. The number of halogens is 1. The third kappa shape index (κ3) is 4.68. The average molecular weight is 552 g/mol. The molecule has 0 saturated carbocycles. The van der Waals surface area contributed by atoms with Crippen LogP contribution in [0.1, 0.15) is 39.5 Å². The summed E-state index contributed by atoms with van der Waals surface area (Å²) in [6.45, 7) is 5.13. The van der Waals surface area contributed by atoms with Crippen molar-refractivity contribution in [3.8, 4) is 5.75 Å². The molecule has 3 aliphatic rings. The van der Waals surface area contributed by atoms with Gasteiger partial charge in [-0.15, -0.1) is 0 Å². The molecule has 1 aromatic carbocycles. The minimum Gasteiger partial charge on any atom is -0.494 e. The second-order valence-corrected chi connectivity index (χ2v) is 10.5. The molecule has 0 radical (unpaired) electrons. The van der Waals surface area contributed by atoms with Gasteiger partial charge in [-0.25, -0.2) is 0 Å². The second-order valence-electron chi connectivity index (χ2n) is 9.36. The lowest BCUT2D eigenvalue weighted by atomic mass is 9.70. The molecule has 3 unspecified atom stereocenters. The summed E-state index contributed by atoms with van der Waals surface area (Å²) in [6, 6.07) is 6.23. The Balaban J connectivity index is 1.60. The van der Waals surface area contributed by atoms with Crippen LogP contribution in [0.25, 0.3) is 0 Å². The SMILES string of the molecule is CCCCNC(=O)C1N(CCCO)C(=O)[C@@H]2[C@H](C(=O)Nc3ccc(OCC)cc3)[C@H]3OC12CC3Br. The topological polar surface area (TPSA) is 117 Å². The number of nitrogens with one attached hydrogen (secondary N) is 2. The predicted octanol–water partition coefficient (Wildman–Crippen LogP) is 2.07. The largest absolute Gasteiger partial charge is 0.494 e. The van der Waals surface area contributed by atoms with Gasteiger partial charge in [0, 0.05) is 30.2 Å². The minimum absolute atomic E-state index is 0.0994. The van der Waals surface area contributed by atoms with Crippen molar-refractivity contribution >= 4 is 39.3 Å². The molecule has 4 rings (SSSR count). The fourth-order valence-electron chi connectivity index (χ4n) is 5.72. The summed E-state index contributed by atoms with van der Waals surface area (Å²) >= 11 is 3.66. The highest BCUT2D eigenvalue weighted by molar-refractivity contribution is 9.09. The molecule has 35 heavy (non-hydrogen) atoms. The van der Waals surface area contributed by atoms with E-state index >= 15 is 0 Å². The highest BCUT2D eigenvalue weighted by Crippen LogP contribution is 2.60. The van der Waals surface area contributed by atoms with Gasteiger partial charge < -0.3 is 30.1 Å². The van der Waals surface area contributed by atoms with Crippen molar-refractivity contribution in [3.05, 3.63) is 24.3 Å². The van der Waals surface area contributed by atoms with Gasteiger partial charge in [0.2, 0.25) is 17.7 Å². The van der Waals surface area contributed by atoms with Crippen molar-refractivity contribution < 1.29 is 29.0 Å². The standard InChI is InChI=1S/C25H34BrN3O6/c1-3-5-11-27-23(32)21-25-14-17(26)20(35-25)18(19(25)24(33)29(21)12-6-13-30)22(31)28-15-7-9-16(10-8-15)34-4-2/h7-10,17-21,30H,3-6,11-14H2,1-2H3,(H,27,32)(H,28,31)/t17?,18-,19-,20-,21?,25?/m0/s1. The molecule has 3 N–H and O–H groups in total. The molecule has 1 aromatic rings. The molecule has 3 aliphatic heterocycles. The van der Waals surface area contributed by atoms with Crippen molar-refractivity contribution in [1.29, 1.82) is 0 Å². The Bertz CT molecular complexity index is 944. The van der Waals surface area contributed by atoms with Gasteiger partial charge >= 0.3 is 0 Å². The van der Waals surface area contributed by atoms with Crippen molar-refractivity contribution in [2.75, 3.05) is 31.6 Å². The van der Waals surface area contributed by atoms with E-state index in [1.54, 1.807) is 24.3 Å². The van der Waals surface area contributed by atoms with Crippen LogP contribution in [0.3, 0.4) is 0 Å². The van der Waals surface area contributed by atoms with E-state index in [0.29, 0.717) is 37.4 Å². The first-order chi connectivity index (χ1) is 16.9. The summed E-state index contributed by atoms with van der Waals surface area (Å²) in [5, 5.41) is 15.3. The van der Waals surface area contributed by atoms with Gasteiger partial charge in [-0.1, -0.05) is 29.3 Å². The maximum absolute atomic E-state index is 13.7. The van der Waals surface area contributed by atoms with Crippen LogP contribution in [0.2, 0.25) is 0 Å². The number of anilines is 1. The quantitative estimate of drug-likeness (QED) is 0.286. The van der Waals surface area contributed by atoms with Crippen molar-refractivity contribution in [3.63, 3.8) is 0 Å². The number of carbonyl (C=O) groups excluding carboxylic acids is 3. The third-order valence-corrected chi connectivity index (χ3v) is 8.00. The first-order valence-electron chi connectivity index (χ1n) is 12.4. The zero-order valence-electron chi connectivity index (χ0n) is 20.2. The summed E-state index contributed by atoms with van der Waals surface area (Å²) in [5.74, 6) is -1.63. The van der Waals surface area contributed by atoms with Gasteiger partial charge in [0.15, 0.2) is 0 Å². The molecule has 0 aliphatic carbocycles. The summed E-state index contributed by atoms with van der Waals surface area (Å²) in [7, 11) is 0. The number of aliphatic hydroxyl groups is 1. The number of amides is 3. The zero-order chi connectivity index (χ0) is 25.2. The number of likely N-dealkylation sites (tertiary alicyclic amines) is 1. The summed E-state index contributed by atoms with van der Waals surface area (Å²) in [6.07, 6.45) is 2.05. The van der Waals surface area contributed by atoms with Gasteiger partial charge in [0.25, 0.3) is 0 Å². The van der Waals surface area contributed by atoms with Gasteiger partial charge in [0.05, 0.1) is 24.5 Å². The van der Waals surface area contributed by atoms with E-state index in [1.165, 1.54) is 4.90 Å². The molecule has 2 bridgehead atoms. The monoisotopic (exact) mass is 551 g/mol. The molecular formula is C25H34BrN3O6. The van der Waals surface area contributed by atoms with Gasteiger partial charge in [-0.05, 0) is 50.5 Å². The predicted molar refractivity (Wildman–Crippen MR) is 133 cm³/mol. The maximum Gasteiger partial charge on any atom is 0.245 e. The molecule has 3 heterocycles. The maximum atomic E-state index is 13.7. The Kier molecular flexibility index (Phi) is 8.02. The Morgan fingerprint density at radius 3 is 2.63 bits per heavy atom. The molecule has 3 fully saturated rings. The van der Waals surface area contributed by atoms with Crippen LogP contribution < -0.4 is 15.4 Å². The molecule has 3 saturated heterocycles. The smallest absolute Gasteiger partial charge is 0.245 e. The van der Waals surface area contributed by atoms with Crippen LogP contribution in [0.5, 0.6) is 5.75 Å². The zero-order valence-corrected chi connectivity index (χ0v) is 21.8. The van der Waals surface area contributed by atoms with E-state index in [0.717, 1.165) is 12.8 Å².